The molecule has 2 aromatic carbocycles. The number of carbonyl (C=O) groups excluding carboxylic acids is 1. The molecule has 0 heterocycles. The Bertz CT molecular complexity index is 904. The zero-order valence-electron chi connectivity index (χ0n) is 14.5. The van der Waals surface area contributed by atoms with E-state index in [1.54, 1.807) is 24.3 Å². The summed E-state index contributed by atoms with van der Waals surface area (Å²) < 4.78 is 26.9. The van der Waals surface area contributed by atoms with E-state index in [4.69, 9.17) is 0 Å². The molecule has 138 valence electrons. The van der Waals surface area contributed by atoms with E-state index in [0.717, 1.165) is 30.4 Å². The van der Waals surface area contributed by atoms with Crippen LogP contribution in [0.25, 0.3) is 0 Å². The normalized spacial score (nSPS) is 14.2. The summed E-state index contributed by atoms with van der Waals surface area (Å²) in [6.45, 7) is 2.22. The predicted molar refractivity (Wildman–Crippen MR) is 98.4 cm³/mol. The van der Waals surface area contributed by atoms with E-state index in [0.29, 0.717) is 0 Å². The molecule has 26 heavy (non-hydrogen) atoms. The van der Waals surface area contributed by atoms with E-state index in [1.807, 2.05) is 6.92 Å². The Hall–Kier alpha value is -2.38. The van der Waals surface area contributed by atoms with Crippen LogP contribution in [-0.4, -0.2) is 25.5 Å². The maximum atomic E-state index is 12.3. The van der Waals surface area contributed by atoms with Gasteiger partial charge in [-0.3, -0.25) is 4.79 Å². The topological polar surface area (TPSA) is 95.5 Å². The summed E-state index contributed by atoms with van der Waals surface area (Å²) in [5, 5.41) is 12.6. The van der Waals surface area contributed by atoms with Gasteiger partial charge in [0.2, 0.25) is 10.0 Å². The monoisotopic (exact) mass is 374 g/mol. The lowest BCUT2D eigenvalue weighted by Crippen LogP contribution is -2.26. The van der Waals surface area contributed by atoms with Crippen LogP contribution in [0.4, 0.5) is 0 Å². The smallest absolute Gasteiger partial charge is 0.255 e. The number of hydrogen-bond acceptors (Lipinski definition) is 4. The number of phenolic OH excluding ortho intramolecular Hbond substituents is 1. The molecule has 3 rings (SSSR count). The number of nitrogens with one attached hydrogen (secondary N) is 2. The van der Waals surface area contributed by atoms with Crippen molar-refractivity contribution in [1.82, 2.24) is 10.0 Å². The minimum absolute atomic E-state index is 0.0607. The largest absolute Gasteiger partial charge is 0.507 e. The molecular formula is C19H22N2O4S. The molecule has 0 bridgehead atoms. The minimum atomic E-state index is -3.47. The van der Waals surface area contributed by atoms with E-state index < -0.39 is 10.0 Å². The van der Waals surface area contributed by atoms with Crippen molar-refractivity contribution >= 4 is 15.9 Å². The molecule has 3 N–H and O–H groups in total. The zero-order valence-corrected chi connectivity index (χ0v) is 15.3. The van der Waals surface area contributed by atoms with Crippen LogP contribution in [0.1, 0.15) is 41.3 Å². The Morgan fingerprint density at radius 2 is 1.77 bits per heavy atom. The van der Waals surface area contributed by atoms with Crippen LogP contribution in [0.2, 0.25) is 0 Å². The minimum Gasteiger partial charge on any atom is -0.507 e. The Balaban J connectivity index is 1.63. The average Bonchev–Trinajstić information content (AvgIpc) is 3.43. The van der Waals surface area contributed by atoms with Gasteiger partial charge in [0.15, 0.2) is 0 Å². The highest BCUT2D eigenvalue weighted by Gasteiger charge is 2.27. The van der Waals surface area contributed by atoms with Crippen LogP contribution >= 0.6 is 0 Å². The van der Waals surface area contributed by atoms with Crippen molar-refractivity contribution in [3.05, 3.63) is 59.2 Å². The SMILES string of the molecule is CCc1ccc(O)c(C(=O)NCc2ccc(S(=O)(=O)NC3CC3)cc2)c1. The molecule has 1 amide bonds. The van der Waals surface area contributed by atoms with E-state index in [2.05, 4.69) is 10.0 Å². The van der Waals surface area contributed by atoms with Crippen LogP contribution in [0.5, 0.6) is 5.75 Å². The Kier molecular flexibility index (Phi) is 5.29. The first-order chi connectivity index (χ1) is 12.4. The summed E-state index contributed by atoms with van der Waals surface area (Å²) in [6.07, 6.45) is 2.54. The van der Waals surface area contributed by atoms with Gasteiger partial charge in [0, 0.05) is 12.6 Å². The first-order valence-electron chi connectivity index (χ1n) is 8.60. The van der Waals surface area contributed by atoms with Crippen LogP contribution in [0, 0.1) is 0 Å². The third kappa shape index (κ3) is 4.42. The van der Waals surface area contributed by atoms with E-state index >= 15 is 0 Å². The second-order valence-corrected chi connectivity index (χ2v) is 8.14. The molecule has 1 aliphatic carbocycles. The van der Waals surface area contributed by atoms with Crippen molar-refractivity contribution in [2.75, 3.05) is 0 Å². The van der Waals surface area contributed by atoms with Crippen LogP contribution in [0.15, 0.2) is 47.4 Å². The van der Waals surface area contributed by atoms with Crippen molar-refractivity contribution < 1.29 is 18.3 Å². The average molecular weight is 374 g/mol. The first kappa shape index (κ1) is 18.4. The molecule has 6 nitrogen and oxygen atoms in total. The second kappa shape index (κ2) is 7.47. The van der Waals surface area contributed by atoms with Gasteiger partial charge in [-0.2, -0.15) is 0 Å². The van der Waals surface area contributed by atoms with Crippen LogP contribution < -0.4 is 10.0 Å². The molecule has 0 aliphatic heterocycles. The lowest BCUT2D eigenvalue weighted by atomic mass is 10.1. The van der Waals surface area contributed by atoms with Crippen molar-refractivity contribution in [2.24, 2.45) is 0 Å². The Labute approximate surface area is 153 Å². The number of benzene rings is 2. The fourth-order valence-corrected chi connectivity index (χ4v) is 3.84. The molecule has 0 saturated heterocycles. The maximum Gasteiger partial charge on any atom is 0.255 e. The van der Waals surface area contributed by atoms with Gasteiger partial charge in [-0.15, -0.1) is 0 Å². The molecule has 0 atom stereocenters. The summed E-state index contributed by atoms with van der Waals surface area (Å²) in [5.74, 6) is -0.433. The highest BCUT2D eigenvalue weighted by atomic mass is 32.2. The number of phenols is 1. The van der Waals surface area contributed by atoms with Gasteiger partial charge < -0.3 is 10.4 Å². The molecule has 0 spiro atoms. The molecule has 0 aromatic heterocycles. The van der Waals surface area contributed by atoms with E-state index in [-0.39, 0.29) is 34.7 Å². The molecule has 0 radical (unpaired) electrons. The number of carbonyl (C=O) groups is 1. The third-order valence-corrected chi connectivity index (χ3v) is 5.84. The third-order valence-electron chi connectivity index (χ3n) is 4.30. The number of aryl methyl sites for hydroxylation is 1. The summed E-state index contributed by atoms with van der Waals surface area (Å²) in [6, 6.07) is 11.4. The van der Waals surface area contributed by atoms with Gasteiger partial charge >= 0.3 is 0 Å². The summed E-state index contributed by atoms with van der Waals surface area (Å²) in [7, 11) is -3.47. The Morgan fingerprint density at radius 1 is 1.12 bits per heavy atom. The number of rotatable bonds is 7. The van der Waals surface area contributed by atoms with Crippen molar-refractivity contribution in [3.8, 4) is 5.75 Å². The van der Waals surface area contributed by atoms with Gasteiger partial charge in [-0.05, 0) is 54.7 Å². The van der Waals surface area contributed by atoms with Gasteiger partial charge in [-0.25, -0.2) is 13.1 Å². The van der Waals surface area contributed by atoms with Gasteiger partial charge in [0.1, 0.15) is 5.75 Å². The lowest BCUT2D eigenvalue weighted by Gasteiger charge is -2.09. The predicted octanol–water partition coefficient (Wildman–Crippen LogP) is 2.33. The highest BCUT2D eigenvalue weighted by molar-refractivity contribution is 7.89. The molecule has 1 aliphatic rings. The van der Waals surface area contributed by atoms with Gasteiger partial charge in [0.05, 0.1) is 10.5 Å². The summed E-state index contributed by atoms with van der Waals surface area (Å²) >= 11 is 0. The van der Waals surface area contributed by atoms with Crippen LogP contribution in [0.3, 0.4) is 0 Å². The lowest BCUT2D eigenvalue weighted by molar-refractivity contribution is 0.0948. The quantitative estimate of drug-likeness (QED) is 0.693. The van der Waals surface area contributed by atoms with Crippen molar-refractivity contribution in [2.45, 2.75) is 43.7 Å². The highest BCUT2D eigenvalue weighted by Crippen LogP contribution is 2.22. The fourth-order valence-electron chi connectivity index (χ4n) is 2.54. The summed E-state index contributed by atoms with van der Waals surface area (Å²) in [4.78, 5) is 12.5. The molecule has 1 fully saturated rings. The number of hydrogen-bond donors (Lipinski definition) is 3. The number of sulfonamides is 1. The molecular weight excluding hydrogens is 352 g/mol. The summed E-state index contributed by atoms with van der Waals surface area (Å²) in [5.41, 5.74) is 1.97. The van der Waals surface area contributed by atoms with Crippen molar-refractivity contribution in [1.29, 1.82) is 0 Å². The molecule has 0 unspecified atom stereocenters. The number of amides is 1. The molecule has 7 heteroatoms. The fraction of sp³-hybridized carbons (Fsp3) is 0.316. The Morgan fingerprint density at radius 3 is 2.38 bits per heavy atom. The maximum absolute atomic E-state index is 12.3. The standard InChI is InChI=1S/C19H22N2O4S/c1-2-13-5-10-18(22)17(11-13)19(23)20-12-14-3-8-16(9-4-14)26(24,25)21-15-6-7-15/h3-5,8-11,15,21-22H,2,6-7,12H2,1H3,(H,20,23). The van der Waals surface area contributed by atoms with E-state index in [1.165, 1.54) is 18.2 Å². The van der Waals surface area contributed by atoms with Crippen LogP contribution in [-0.2, 0) is 23.0 Å². The van der Waals surface area contributed by atoms with Crippen molar-refractivity contribution in [3.63, 3.8) is 0 Å². The first-order valence-corrected chi connectivity index (χ1v) is 10.1. The second-order valence-electron chi connectivity index (χ2n) is 6.43. The molecule has 1 saturated carbocycles. The van der Waals surface area contributed by atoms with E-state index in [9.17, 15) is 18.3 Å². The zero-order chi connectivity index (χ0) is 18.7. The number of aromatic hydroxyl groups is 1. The van der Waals surface area contributed by atoms with Gasteiger partial charge in [0.25, 0.3) is 5.91 Å². The van der Waals surface area contributed by atoms with Gasteiger partial charge in [-0.1, -0.05) is 25.1 Å². The molecule has 2 aromatic rings.